The van der Waals surface area contributed by atoms with E-state index in [9.17, 15) is 9.18 Å². The highest BCUT2D eigenvalue weighted by Gasteiger charge is 2.42. The van der Waals surface area contributed by atoms with E-state index in [1.807, 2.05) is 6.20 Å². The summed E-state index contributed by atoms with van der Waals surface area (Å²) in [5, 5.41) is 4.37. The minimum Gasteiger partial charge on any atom is -0.311 e. The summed E-state index contributed by atoms with van der Waals surface area (Å²) in [7, 11) is 0. The van der Waals surface area contributed by atoms with E-state index in [0.29, 0.717) is 23.2 Å². The molecule has 0 bridgehead atoms. The predicted molar refractivity (Wildman–Crippen MR) is 130 cm³/mol. The molecule has 1 amide bonds. The number of amides is 1. The molecule has 0 aliphatic heterocycles. The van der Waals surface area contributed by atoms with Crippen molar-refractivity contribution in [1.82, 2.24) is 9.97 Å². The van der Waals surface area contributed by atoms with Crippen molar-refractivity contribution >= 4 is 34.2 Å². The molecule has 0 spiro atoms. The first-order chi connectivity index (χ1) is 16.0. The number of rotatable bonds is 7. The van der Waals surface area contributed by atoms with Crippen LogP contribution in [-0.2, 0) is 4.79 Å². The Bertz CT molecular complexity index is 1120. The topological polar surface area (TPSA) is 54.9 Å². The second kappa shape index (κ2) is 9.76. The van der Waals surface area contributed by atoms with Gasteiger partial charge in [0.15, 0.2) is 0 Å². The van der Waals surface area contributed by atoms with Gasteiger partial charge in [-0.25, -0.2) is 9.37 Å². The van der Waals surface area contributed by atoms with Crippen LogP contribution in [0.5, 0.6) is 0 Å². The van der Waals surface area contributed by atoms with Gasteiger partial charge in [0.25, 0.3) is 0 Å². The number of pyridine rings is 2. The average Bonchev–Trinajstić information content (AvgIpc) is 3.37. The van der Waals surface area contributed by atoms with E-state index in [-0.39, 0.29) is 11.7 Å². The molecule has 2 heterocycles. The molecule has 4 atom stereocenters. The Balaban J connectivity index is 1.07. The van der Waals surface area contributed by atoms with Crippen LogP contribution in [-0.4, -0.2) is 15.9 Å². The van der Waals surface area contributed by atoms with Crippen molar-refractivity contribution in [2.45, 2.75) is 57.3 Å². The number of hydrogen-bond acceptors (Lipinski definition) is 3. The number of nitrogens with one attached hydrogen (secondary N) is 1. The lowest BCUT2D eigenvalue weighted by Gasteiger charge is -2.17. The van der Waals surface area contributed by atoms with Gasteiger partial charge in [-0.3, -0.25) is 9.78 Å². The van der Waals surface area contributed by atoms with Gasteiger partial charge in [-0.15, -0.1) is 0 Å². The van der Waals surface area contributed by atoms with Crippen molar-refractivity contribution in [3.63, 3.8) is 0 Å². The molecule has 4 nitrogen and oxygen atoms in total. The highest BCUT2D eigenvalue weighted by Crippen LogP contribution is 2.54. The Kier molecular flexibility index (Phi) is 6.59. The Morgan fingerprint density at radius 3 is 2.61 bits per heavy atom. The van der Waals surface area contributed by atoms with Gasteiger partial charge in [-0.1, -0.05) is 24.4 Å². The fourth-order valence-corrected chi connectivity index (χ4v) is 6.21. The van der Waals surface area contributed by atoms with Crippen molar-refractivity contribution < 1.29 is 9.18 Å². The smallest absolute Gasteiger partial charge is 0.225 e. The molecule has 2 aliphatic carbocycles. The maximum Gasteiger partial charge on any atom is 0.225 e. The van der Waals surface area contributed by atoms with E-state index in [0.717, 1.165) is 41.5 Å². The average molecular weight is 466 g/mol. The molecule has 3 aromatic rings. The summed E-state index contributed by atoms with van der Waals surface area (Å²) in [5.41, 5.74) is 2.16. The minimum absolute atomic E-state index is 0.0111. The second-order valence-electron chi connectivity index (χ2n) is 9.74. The Morgan fingerprint density at radius 1 is 1.03 bits per heavy atom. The number of anilines is 1. The van der Waals surface area contributed by atoms with Gasteiger partial charge in [0.1, 0.15) is 11.6 Å². The number of hydrogen-bond donors (Lipinski definition) is 1. The molecule has 2 aromatic heterocycles. The molecule has 1 aromatic carbocycles. The van der Waals surface area contributed by atoms with Crippen molar-refractivity contribution in [2.75, 3.05) is 5.32 Å². The van der Waals surface area contributed by atoms with Gasteiger partial charge in [-0.2, -0.15) is 0 Å². The van der Waals surface area contributed by atoms with Crippen LogP contribution in [0, 0.1) is 23.6 Å². The molecule has 2 fully saturated rings. The number of aromatic nitrogens is 2. The third kappa shape index (κ3) is 5.19. The molecule has 0 radical (unpaired) electrons. The molecular weight excluding hydrogens is 437 g/mol. The predicted octanol–water partition coefficient (Wildman–Crippen LogP) is 7.14. The van der Waals surface area contributed by atoms with E-state index >= 15 is 0 Å². The molecule has 2 unspecified atom stereocenters. The van der Waals surface area contributed by atoms with Gasteiger partial charge in [0, 0.05) is 24.2 Å². The summed E-state index contributed by atoms with van der Waals surface area (Å²) in [6, 6.07) is 10.5. The Hall–Kier alpha value is -2.53. The van der Waals surface area contributed by atoms with E-state index in [1.165, 1.54) is 49.9 Å². The van der Waals surface area contributed by atoms with E-state index in [2.05, 4.69) is 21.4 Å². The van der Waals surface area contributed by atoms with E-state index in [4.69, 9.17) is 11.6 Å². The first-order valence-corrected chi connectivity index (χ1v) is 12.4. The summed E-state index contributed by atoms with van der Waals surface area (Å²) in [6.45, 7) is 0. The fourth-order valence-electron chi connectivity index (χ4n) is 6.10. The molecular formula is C27H29ClFN3O. The summed E-state index contributed by atoms with van der Waals surface area (Å²) >= 11 is 5.82. The zero-order valence-corrected chi connectivity index (χ0v) is 19.4. The van der Waals surface area contributed by atoms with Crippen molar-refractivity contribution in [1.29, 1.82) is 0 Å². The molecule has 1 N–H and O–H groups in total. The Labute approximate surface area is 199 Å². The number of carbonyl (C=O) groups is 1. The third-order valence-electron chi connectivity index (χ3n) is 7.55. The van der Waals surface area contributed by atoms with Gasteiger partial charge < -0.3 is 5.32 Å². The number of halogens is 2. The van der Waals surface area contributed by atoms with Crippen LogP contribution >= 0.6 is 11.6 Å². The van der Waals surface area contributed by atoms with Crippen LogP contribution in [0.4, 0.5) is 10.2 Å². The lowest BCUT2D eigenvalue weighted by molar-refractivity contribution is -0.116. The molecule has 2 aliphatic rings. The maximum absolute atomic E-state index is 13.8. The summed E-state index contributed by atoms with van der Waals surface area (Å²) in [4.78, 5) is 20.6. The first kappa shape index (κ1) is 22.3. The highest BCUT2D eigenvalue weighted by atomic mass is 35.5. The van der Waals surface area contributed by atoms with Crippen LogP contribution in [0.15, 0.2) is 48.8 Å². The van der Waals surface area contributed by atoms with Gasteiger partial charge >= 0.3 is 0 Å². The number of benzene rings is 1. The lowest BCUT2D eigenvalue weighted by Crippen LogP contribution is -2.12. The molecule has 6 heteroatoms. The summed E-state index contributed by atoms with van der Waals surface area (Å²) in [5.74, 6) is 3.21. The lowest BCUT2D eigenvalue weighted by atomic mass is 9.89. The van der Waals surface area contributed by atoms with Gasteiger partial charge in [0.2, 0.25) is 5.91 Å². The van der Waals surface area contributed by atoms with Gasteiger partial charge in [-0.05, 0) is 97.7 Å². The summed E-state index contributed by atoms with van der Waals surface area (Å²) < 4.78 is 13.8. The van der Waals surface area contributed by atoms with E-state index in [1.54, 1.807) is 24.3 Å². The van der Waals surface area contributed by atoms with Crippen LogP contribution < -0.4 is 5.32 Å². The van der Waals surface area contributed by atoms with Crippen LogP contribution in [0.3, 0.4) is 0 Å². The highest BCUT2D eigenvalue weighted by molar-refractivity contribution is 6.30. The van der Waals surface area contributed by atoms with Gasteiger partial charge in [0.05, 0.1) is 10.5 Å². The molecule has 0 saturated heterocycles. The summed E-state index contributed by atoms with van der Waals surface area (Å²) in [6.07, 6.45) is 12.1. The van der Waals surface area contributed by atoms with Crippen molar-refractivity contribution in [3.8, 4) is 0 Å². The molecule has 33 heavy (non-hydrogen) atoms. The number of fused-ring (bicyclic) bond motifs is 2. The third-order valence-corrected chi connectivity index (χ3v) is 7.78. The Morgan fingerprint density at radius 2 is 1.85 bits per heavy atom. The number of unbranched alkanes of at least 4 members (excludes halogenated alkanes) is 1. The second-order valence-corrected chi connectivity index (χ2v) is 10.2. The zero-order chi connectivity index (χ0) is 22.8. The SMILES string of the molecule is O=C(CCCCC1C[C@@H]2CC(c3ccnc4ccc(F)cc34)C[C@@H]2C1)Nc1ccc(Cl)cn1. The standard InChI is InChI=1S/C27H29ClFN3O/c28-21-5-8-26(31-16-21)32-27(33)4-2-1-3-17-11-18-13-20(14-19(18)12-17)23-9-10-30-25-7-6-22(29)15-24(23)25/h5-10,15-20H,1-4,11-14H2,(H,31,32,33)/t17?,18-,19+,20?. The normalized spacial score (nSPS) is 24.2. The molecule has 2 saturated carbocycles. The quantitative estimate of drug-likeness (QED) is 0.377. The number of nitrogens with zero attached hydrogens (tertiary/aromatic N) is 2. The van der Waals surface area contributed by atoms with Crippen molar-refractivity contribution in [2.24, 2.45) is 17.8 Å². The van der Waals surface area contributed by atoms with Crippen molar-refractivity contribution in [3.05, 3.63) is 65.2 Å². The number of carbonyl (C=O) groups excluding carboxylic acids is 1. The zero-order valence-electron chi connectivity index (χ0n) is 18.6. The monoisotopic (exact) mass is 465 g/mol. The minimum atomic E-state index is -0.187. The molecule has 5 rings (SSSR count). The fraction of sp³-hybridized carbons (Fsp3) is 0.444. The first-order valence-electron chi connectivity index (χ1n) is 12.0. The van der Waals surface area contributed by atoms with Crippen LogP contribution in [0.2, 0.25) is 5.02 Å². The molecule has 172 valence electrons. The largest absolute Gasteiger partial charge is 0.311 e. The maximum atomic E-state index is 13.8. The van der Waals surface area contributed by atoms with Crippen LogP contribution in [0.25, 0.3) is 10.9 Å². The van der Waals surface area contributed by atoms with Crippen LogP contribution in [0.1, 0.15) is 62.8 Å². The van der Waals surface area contributed by atoms with E-state index < -0.39 is 0 Å².